The largest absolute Gasteiger partial charge is 0.493 e. The fourth-order valence-electron chi connectivity index (χ4n) is 3.72. The second-order valence-corrected chi connectivity index (χ2v) is 7.70. The van der Waals surface area contributed by atoms with E-state index >= 15 is 0 Å². The Hall–Kier alpha value is -2.95. The van der Waals surface area contributed by atoms with E-state index in [1.165, 1.54) is 11.1 Å². The van der Waals surface area contributed by atoms with Gasteiger partial charge in [0.25, 0.3) is 0 Å². The number of hydrogen-bond donors (Lipinski definition) is 0. The lowest BCUT2D eigenvalue weighted by Gasteiger charge is -2.20. The number of carbonyl (C=O) groups is 1. The third kappa shape index (κ3) is 4.24. The summed E-state index contributed by atoms with van der Waals surface area (Å²) in [6.45, 7) is 6.88. The molecule has 29 heavy (non-hydrogen) atoms. The van der Waals surface area contributed by atoms with Crippen molar-refractivity contribution in [2.75, 3.05) is 21.3 Å². The molecule has 1 amide bonds. The van der Waals surface area contributed by atoms with Crippen LogP contribution in [0.4, 0.5) is 0 Å². The molecule has 5 heteroatoms. The van der Waals surface area contributed by atoms with Crippen LogP contribution in [0.15, 0.2) is 41.0 Å². The van der Waals surface area contributed by atoms with E-state index in [2.05, 4.69) is 32.9 Å². The number of para-hydroxylation sites is 1. The summed E-state index contributed by atoms with van der Waals surface area (Å²) in [5.74, 6) is 1.74. The molecule has 0 N–H and O–H groups in total. The SMILES string of the molecule is COc1cccc(CN(C)C(=O)Cc2coc3cc(C)c(C(C)C)cc23)c1OC. The van der Waals surface area contributed by atoms with Gasteiger partial charge in [-0.2, -0.15) is 0 Å². The maximum Gasteiger partial charge on any atom is 0.227 e. The zero-order valence-corrected chi connectivity index (χ0v) is 18.0. The van der Waals surface area contributed by atoms with Crippen LogP contribution in [-0.4, -0.2) is 32.1 Å². The Morgan fingerprint density at radius 1 is 1.14 bits per heavy atom. The number of aryl methyl sites for hydroxylation is 1. The van der Waals surface area contributed by atoms with Crippen LogP contribution in [0, 0.1) is 6.92 Å². The number of furan rings is 1. The average Bonchev–Trinajstić information content (AvgIpc) is 3.08. The smallest absolute Gasteiger partial charge is 0.227 e. The van der Waals surface area contributed by atoms with E-state index in [0.717, 1.165) is 22.1 Å². The van der Waals surface area contributed by atoms with Crippen molar-refractivity contribution >= 4 is 16.9 Å². The van der Waals surface area contributed by atoms with Crippen molar-refractivity contribution in [1.82, 2.24) is 4.90 Å². The minimum atomic E-state index is 0.0178. The first-order valence-corrected chi connectivity index (χ1v) is 9.80. The minimum absolute atomic E-state index is 0.0178. The predicted octanol–water partition coefficient (Wildman–Crippen LogP) is 5.08. The van der Waals surface area contributed by atoms with E-state index in [-0.39, 0.29) is 12.3 Å². The number of hydrogen-bond acceptors (Lipinski definition) is 4. The van der Waals surface area contributed by atoms with Crippen LogP contribution in [0.5, 0.6) is 11.5 Å². The zero-order valence-electron chi connectivity index (χ0n) is 18.0. The second-order valence-electron chi connectivity index (χ2n) is 7.70. The molecule has 0 unspecified atom stereocenters. The maximum atomic E-state index is 12.9. The number of benzene rings is 2. The van der Waals surface area contributed by atoms with E-state index in [4.69, 9.17) is 13.9 Å². The standard InChI is InChI=1S/C24H29NO4/c1-15(2)19-12-20-18(14-29-22(20)10-16(19)3)11-23(26)25(4)13-17-8-7-9-21(27-5)24(17)28-6/h7-10,12,14-15H,11,13H2,1-6H3. The van der Waals surface area contributed by atoms with Crippen LogP contribution in [0.2, 0.25) is 0 Å². The van der Waals surface area contributed by atoms with E-state index in [1.54, 1.807) is 32.4 Å². The summed E-state index contributed by atoms with van der Waals surface area (Å²) in [6, 6.07) is 9.90. The van der Waals surface area contributed by atoms with E-state index in [1.807, 2.05) is 18.2 Å². The second kappa shape index (κ2) is 8.60. The lowest BCUT2D eigenvalue weighted by Crippen LogP contribution is -2.27. The summed E-state index contributed by atoms with van der Waals surface area (Å²) in [7, 11) is 5.01. The summed E-state index contributed by atoms with van der Waals surface area (Å²) in [4.78, 5) is 14.6. The van der Waals surface area contributed by atoms with Crippen molar-refractivity contribution in [1.29, 1.82) is 0 Å². The van der Waals surface area contributed by atoms with Gasteiger partial charge in [0.05, 0.1) is 26.9 Å². The lowest BCUT2D eigenvalue weighted by molar-refractivity contribution is -0.129. The molecule has 3 aromatic rings. The molecule has 0 saturated carbocycles. The summed E-state index contributed by atoms with van der Waals surface area (Å²) < 4.78 is 16.6. The van der Waals surface area contributed by atoms with Gasteiger partial charge in [0.1, 0.15) is 5.58 Å². The molecule has 0 saturated heterocycles. The normalized spacial score (nSPS) is 11.1. The Balaban J connectivity index is 1.81. The van der Waals surface area contributed by atoms with Crippen molar-refractivity contribution in [2.24, 2.45) is 0 Å². The van der Waals surface area contributed by atoms with Crippen LogP contribution >= 0.6 is 0 Å². The summed E-state index contributed by atoms with van der Waals surface area (Å²) >= 11 is 0. The van der Waals surface area contributed by atoms with Crippen molar-refractivity contribution in [3.63, 3.8) is 0 Å². The van der Waals surface area contributed by atoms with Crippen molar-refractivity contribution in [3.8, 4) is 11.5 Å². The summed E-state index contributed by atoms with van der Waals surface area (Å²) in [5.41, 5.74) is 5.13. The van der Waals surface area contributed by atoms with Crippen LogP contribution in [0.25, 0.3) is 11.0 Å². The number of carbonyl (C=O) groups excluding carboxylic acids is 1. The summed E-state index contributed by atoms with van der Waals surface area (Å²) in [6.07, 6.45) is 1.99. The first-order chi connectivity index (χ1) is 13.8. The van der Waals surface area contributed by atoms with Gasteiger partial charge in [0, 0.05) is 30.1 Å². The molecule has 0 bridgehead atoms. The molecule has 2 aromatic carbocycles. The van der Waals surface area contributed by atoms with E-state index < -0.39 is 0 Å². The van der Waals surface area contributed by atoms with Crippen LogP contribution in [-0.2, 0) is 17.8 Å². The van der Waals surface area contributed by atoms with Crippen LogP contribution in [0.1, 0.15) is 42.0 Å². The minimum Gasteiger partial charge on any atom is -0.493 e. The van der Waals surface area contributed by atoms with Crippen LogP contribution in [0.3, 0.4) is 0 Å². The topological polar surface area (TPSA) is 51.9 Å². The van der Waals surface area contributed by atoms with Crippen molar-refractivity contribution in [3.05, 3.63) is 58.8 Å². The van der Waals surface area contributed by atoms with Gasteiger partial charge >= 0.3 is 0 Å². The molecule has 1 aromatic heterocycles. The number of nitrogens with zero attached hydrogens (tertiary/aromatic N) is 1. The molecule has 0 fully saturated rings. The fourth-order valence-corrected chi connectivity index (χ4v) is 3.72. The molecule has 0 aliphatic heterocycles. The molecule has 0 atom stereocenters. The zero-order chi connectivity index (χ0) is 21.1. The fraction of sp³-hybridized carbons (Fsp3) is 0.375. The van der Waals surface area contributed by atoms with E-state index in [0.29, 0.717) is 24.0 Å². The van der Waals surface area contributed by atoms with Gasteiger partial charge in [-0.25, -0.2) is 0 Å². The highest BCUT2D eigenvalue weighted by Crippen LogP contribution is 2.32. The first kappa shape index (κ1) is 20.8. The molecule has 0 radical (unpaired) electrons. The number of methoxy groups -OCH3 is 2. The quantitative estimate of drug-likeness (QED) is 0.560. The lowest BCUT2D eigenvalue weighted by atomic mass is 9.95. The molecule has 0 spiro atoms. The van der Waals surface area contributed by atoms with Gasteiger partial charge < -0.3 is 18.8 Å². The van der Waals surface area contributed by atoms with Crippen molar-refractivity contribution in [2.45, 2.75) is 39.7 Å². The maximum absolute atomic E-state index is 12.9. The molecule has 1 heterocycles. The Morgan fingerprint density at radius 2 is 1.90 bits per heavy atom. The van der Waals surface area contributed by atoms with Gasteiger partial charge in [-0.1, -0.05) is 26.0 Å². The first-order valence-electron chi connectivity index (χ1n) is 9.80. The highest BCUT2D eigenvalue weighted by molar-refractivity contribution is 5.88. The third-order valence-corrected chi connectivity index (χ3v) is 5.32. The molecule has 0 aliphatic carbocycles. The third-order valence-electron chi connectivity index (χ3n) is 5.32. The number of ether oxygens (including phenoxy) is 2. The Morgan fingerprint density at radius 3 is 2.55 bits per heavy atom. The number of likely N-dealkylation sites (N-methyl/N-ethyl adjacent to an activating group) is 1. The number of amides is 1. The van der Waals surface area contributed by atoms with Gasteiger partial charge in [0.2, 0.25) is 5.91 Å². The molecular formula is C24H29NO4. The average molecular weight is 395 g/mol. The highest BCUT2D eigenvalue weighted by Gasteiger charge is 2.18. The Kier molecular flexibility index (Phi) is 6.16. The Bertz CT molecular complexity index is 1020. The summed E-state index contributed by atoms with van der Waals surface area (Å²) in [5, 5.41) is 1.01. The molecule has 0 aliphatic rings. The molecule has 154 valence electrons. The predicted molar refractivity (Wildman–Crippen MR) is 115 cm³/mol. The molecule has 5 nitrogen and oxygen atoms in total. The van der Waals surface area contributed by atoms with Gasteiger partial charge in [-0.05, 0) is 42.2 Å². The molecular weight excluding hydrogens is 366 g/mol. The van der Waals surface area contributed by atoms with E-state index in [9.17, 15) is 4.79 Å². The van der Waals surface area contributed by atoms with Crippen LogP contribution < -0.4 is 9.47 Å². The molecule has 3 rings (SSSR count). The Labute approximate surface area is 172 Å². The highest BCUT2D eigenvalue weighted by atomic mass is 16.5. The number of fused-ring (bicyclic) bond motifs is 1. The van der Waals surface area contributed by atoms with Gasteiger partial charge in [-0.3, -0.25) is 4.79 Å². The van der Waals surface area contributed by atoms with Gasteiger partial charge in [-0.15, -0.1) is 0 Å². The number of rotatable bonds is 7. The van der Waals surface area contributed by atoms with Gasteiger partial charge in [0.15, 0.2) is 11.5 Å². The monoisotopic (exact) mass is 395 g/mol. The van der Waals surface area contributed by atoms with Crippen molar-refractivity contribution < 1.29 is 18.7 Å².